The first-order chi connectivity index (χ1) is 23.3. The van der Waals surface area contributed by atoms with Crippen LogP contribution in [0.3, 0.4) is 0 Å². The number of hydrogen-bond acceptors (Lipinski definition) is 0. The van der Waals surface area contributed by atoms with Gasteiger partial charge < -0.3 is 9.13 Å². The fourth-order valence-corrected chi connectivity index (χ4v) is 8.45. The van der Waals surface area contributed by atoms with E-state index < -0.39 is 0 Å². The van der Waals surface area contributed by atoms with Gasteiger partial charge in [0.1, 0.15) is 0 Å². The minimum atomic E-state index is 0.319. The molecule has 0 radical (unpaired) electrons. The Morgan fingerprint density at radius 3 is 1.92 bits per heavy atom. The van der Waals surface area contributed by atoms with Crippen LogP contribution < -0.4 is 0 Å². The van der Waals surface area contributed by atoms with Crippen molar-refractivity contribution in [1.29, 1.82) is 0 Å². The molecule has 0 atom stereocenters. The van der Waals surface area contributed by atoms with Gasteiger partial charge in [0, 0.05) is 49.7 Å². The zero-order valence-electron chi connectivity index (χ0n) is 28.6. The number of rotatable bonds is 4. The van der Waals surface area contributed by atoms with Gasteiger partial charge in [-0.05, 0) is 114 Å². The third-order valence-electron chi connectivity index (χ3n) is 10.6. The fourth-order valence-electron chi connectivity index (χ4n) is 8.45. The van der Waals surface area contributed by atoms with Gasteiger partial charge >= 0.3 is 0 Å². The van der Waals surface area contributed by atoms with Crippen molar-refractivity contribution in [2.24, 2.45) is 0 Å². The maximum absolute atomic E-state index is 2.54. The van der Waals surface area contributed by atoms with E-state index in [1.807, 2.05) is 0 Å². The quantitative estimate of drug-likeness (QED) is 0.185. The average Bonchev–Trinajstić information content (AvgIpc) is 3.60. The predicted molar refractivity (Wildman–Crippen MR) is 208 cm³/mol. The summed E-state index contributed by atoms with van der Waals surface area (Å²) >= 11 is 0. The van der Waals surface area contributed by atoms with Crippen molar-refractivity contribution in [2.75, 3.05) is 0 Å². The summed E-state index contributed by atoms with van der Waals surface area (Å²) in [7, 11) is 0. The Morgan fingerprint density at radius 1 is 0.500 bits per heavy atom. The minimum absolute atomic E-state index is 0.319. The molecule has 0 aliphatic heterocycles. The molecule has 234 valence electrons. The first-order valence-electron chi connectivity index (χ1n) is 17.3. The van der Waals surface area contributed by atoms with E-state index in [9.17, 15) is 0 Å². The summed E-state index contributed by atoms with van der Waals surface area (Å²) in [5.41, 5.74) is 13.0. The van der Waals surface area contributed by atoms with E-state index in [2.05, 4.69) is 172 Å². The molecule has 0 fully saturated rings. The molecule has 0 saturated carbocycles. The molecule has 2 nitrogen and oxygen atoms in total. The summed E-state index contributed by atoms with van der Waals surface area (Å²) in [5, 5.41) is 10.3. The zero-order valence-corrected chi connectivity index (χ0v) is 28.6. The maximum atomic E-state index is 2.54. The van der Waals surface area contributed by atoms with E-state index in [1.165, 1.54) is 98.7 Å². The highest BCUT2D eigenvalue weighted by Gasteiger charge is 2.22. The average molecular weight is 621 g/mol. The SMILES string of the molecule is Cc1cc(-n2c3ccccc3c3c(-c4ccc5c6cc7ccccc7cc6n(C(C)C)c5c4)cc4ccccc4c32)c(C)cc1C(C)C. The largest absolute Gasteiger partial charge is 0.338 e. The third-order valence-corrected chi connectivity index (χ3v) is 10.6. The van der Waals surface area contributed by atoms with Crippen LogP contribution in [-0.2, 0) is 0 Å². The van der Waals surface area contributed by atoms with Gasteiger partial charge in [-0.25, -0.2) is 0 Å². The van der Waals surface area contributed by atoms with E-state index in [-0.39, 0.29) is 0 Å². The molecule has 0 saturated heterocycles. The van der Waals surface area contributed by atoms with E-state index in [1.54, 1.807) is 0 Å². The standard InChI is InChI=1S/C46H40N2/c1-27(2)38-21-30(6)42(22-29(38)5)48-41-18-12-11-17-37(41)45-39(24-33-15-9-10-16-35(33)46(45)48)34-19-20-36-40-23-31-13-7-8-14-32(31)25-44(40)47(28(3)4)43(36)26-34/h7-28H,1-6H3. The molecule has 2 heterocycles. The lowest BCUT2D eigenvalue weighted by Crippen LogP contribution is -2.02. The molecule has 0 amide bonds. The maximum Gasteiger partial charge on any atom is 0.0625 e. The lowest BCUT2D eigenvalue weighted by molar-refractivity contribution is 0.642. The molecule has 0 aliphatic rings. The zero-order chi connectivity index (χ0) is 32.8. The second-order valence-corrected chi connectivity index (χ2v) is 14.3. The van der Waals surface area contributed by atoms with Gasteiger partial charge in [0.2, 0.25) is 0 Å². The van der Waals surface area contributed by atoms with E-state index >= 15 is 0 Å². The van der Waals surface area contributed by atoms with Crippen LogP contribution in [0.1, 0.15) is 56.3 Å². The highest BCUT2D eigenvalue weighted by Crippen LogP contribution is 2.45. The van der Waals surface area contributed by atoms with Crippen molar-refractivity contribution in [2.45, 2.75) is 53.5 Å². The minimum Gasteiger partial charge on any atom is -0.338 e. The van der Waals surface area contributed by atoms with E-state index in [0.717, 1.165) is 0 Å². The monoisotopic (exact) mass is 620 g/mol. The number of para-hydroxylation sites is 1. The van der Waals surface area contributed by atoms with Crippen molar-refractivity contribution in [1.82, 2.24) is 9.13 Å². The lowest BCUT2D eigenvalue weighted by atomic mass is 9.94. The second kappa shape index (κ2) is 10.6. The predicted octanol–water partition coefficient (Wildman–Crippen LogP) is 13.2. The lowest BCUT2D eigenvalue weighted by Gasteiger charge is -2.18. The highest BCUT2D eigenvalue weighted by molar-refractivity contribution is 6.24. The van der Waals surface area contributed by atoms with Gasteiger partial charge in [-0.3, -0.25) is 0 Å². The number of fused-ring (bicyclic) bond motifs is 9. The van der Waals surface area contributed by atoms with Gasteiger partial charge in [0.25, 0.3) is 0 Å². The van der Waals surface area contributed by atoms with Crippen LogP contribution in [0.4, 0.5) is 0 Å². The fraction of sp³-hybridized carbons (Fsp3) is 0.174. The number of aromatic nitrogens is 2. The Labute approximate surface area is 281 Å². The van der Waals surface area contributed by atoms with Crippen LogP contribution in [0, 0.1) is 13.8 Å². The first-order valence-corrected chi connectivity index (χ1v) is 17.3. The van der Waals surface area contributed by atoms with E-state index in [4.69, 9.17) is 0 Å². The van der Waals surface area contributed by atoms with Gasteiger partial charge in [0.05, 0.1) is 11.0 Å². The molecule has 9 aromatic rings. The summed E-state index contributed by atoms with van der Waals surface area (Å²) < 4.78 is 5.07. The van der Waals surface area contributed by atoms with Crippen molar-refractivity contribution in [3.8, 4) is 16.8 Å². The van der Waals surface area contributed by atoms with Crippen molar-refractivity contribution in [3.63, 3.8) is 0 Å². The number of nitrogens with zero attached hydrogens (tertiary/aromatic N) is 2. The Bertz CT molecular complexity index is 2750. The van der Waals surface area contributed by atoms with Crippen LogP contribution in [0.15, 0.2) is 121 Å². The third kappa shape index (κ3) is 4.12. The number of benzene rings is 7. The summed E-state index contributed by atoms with van der Waals surface area (Å²) in [6, 6.07) is 46.1. The molecule has 2 heteroatoms. The molecule has 0 aliphatic carbocycles. The molecule has 0 unspecified atom stereocenters. The van der Waals surface area contributed by atoms with Crippen LogP contribution >= 0.6 is 0 Å². The van der Waals surface area contributed by atoms with Crippen LogP contribution in [0.2, 0.25) is 0 Å². The van der Waals surface area contributed by atoms with Gasteiger partial charge in [0.15, 0.2) is 0 Å². The summed E-state index contributed by atoms with van der Waals surface area (Å²) in [6.45, 7) is 13.7. The highest BCUT2D eigenvalue weighted by atomic mass is 15.0. The Kier molecular flexibility index (Phi) is 6.36. The van der Waals surface area contributed by atoms with Gasteiger partial charge in [-0.1, -0.05) is 98.8 Å². The normalized spacial score (nSPS) is 12.3. The van der Waals surface area contributed by atoms with Crippen molar-refractivity contribution in [3.05, 3.63) is 138 Å². The van der Waals surface area contributed by atoms with Crippen LogP contribution in [0.25, 0.3) is 82.0 Å². The van der Waals surface area contributed by atoms with Crippen LogP contribution in [0.5, 0.6) is 0 Å². The molecule has 7 aromatic carbocycles. The topological polar surface area (TPSA) is 9.86 Å². The Balaban J connectivity index is 1.41. The Morgan fingerprint density at radius 2 is 1.17 bits per heavy atom. The summed E-state index contributed by atoms with van der Waals surface area (Å²) in [6.07, 6.45) is 0. The molecule has 0 N–H and O–H groups in total. The molecule has 9 rings (SSSR count). The molecular formula is C46H40N2. The number of aryl methyl sites for hydroxylation is 2. The van der Waals surface area contributed by atoms with Crippen molar-refractivity contribution < 1.29 is 0 Å². The molecule has 48 heavy (non-hydrogen) atoms. The summed E-state index contributed by atoms with van der Waals surface area (Å²) in [4.78, 5) is 0. The molecule has 2 aromatic heterocycles. The summed E-state index contributed by atoms with van der Waals surface area (Å²) in [5.74, 6) is 0.484. The Hall–Kier alpha value is -5.34. The van der Waals surface area contributed by atoms with Gasteiger partial charge in [-0.15, -0.1) is 0 Å². The molecule has 0 spiro atoms. The smallest absolute Gasteiger partial charge is 0.0625 e. The van der Waals surface area contributed by atoms with Crippen LogP contribution in [-0.4, -0.2) is 9.13 Å². The molecule has 0 bridgehead atoms. The van der Waals surface area contributed by atoms with E-state index in [0.29, 0.717) is 12.0 Å². The van der Waals surface area contributed by atoms with Gasteiger partial charge in [-0.2, -0.15) is 0 Å². The van der Waals surface area contributed by atoms with Crippen molar-refractivity contribution >= 4 is 65.2 Å². The molecular weight excluding hydrogens is 581 g/mol. The first kappa shape index (κ1) is 28.8. The second-order valence-electron chi connectivity index (χ2n) is 14.3. The number of hydrogen-bond donors (Lipinski definition) is 0.